The van der Waals surface area contributed by atoms with Gasteiger partial charge in [-0.15, -0.1) is 0 Å². The van der Waals surface area contributed by atoms with Gasteiger partial charge in [-0.25, -0.2) is 0 Å². The van der Waals surface area contributed by atoms with Crippen LogP contribution in [0.15, 0.2) is 30.3 Å². The minimum atomic E-state index is 0.0775. The maximum Gasteiger partial charge on any atom is 0.0465 e. The fraction of sp³-hybridized carbons (Fsp3) is 0.455. The molecule has 1 aromatic rings. The Morgan fingerprint density at radius 2 is 2.00 bits per heavy atom. The van der Waals surface area contributed by atoms with Crippen molar-refractivity contribution in [1.82, 2.24) is 10.9 Å². The van der Waals surface area contributed by atoms with Crippen molar-refractivity contribution in [2.45, 2.75) is 31.5 Å². The Balaban J connectivity index is 2.05. The number of hydrazine groups is 1. The molecule has 0 radical (unpaired) electrons. The Labute approximate surface area is 84.7 Å². The lowest BCUT2D eigenvalue weighted by Gasteiger charge is -2.18. The van der Waals surface area contributed by atoms with Crippen molar-refractivity contribution in [1.29, 1.82) is 0 Å². The third-order valence-corrected chi connectivity index (χ3v) is 2.74. The van der Waals surface area contributed by atoms with Gasteiger partial charge in [0.05, 0.1) is 0 Å². The van der Waals surface area contributed by atoms with E-state index < -0.39 is 0 Å². The standard InChI is InChI=1S/C11H17N3/c1-8-7-10(14-13-8)11(12)9-5-3-2-4-6-9/h2-6,8,10-11,13-14H,7,12H2,1H3. The van der Waals surface area contributed by atoms with Crippen molar-refractivity contribution in [2.24, 2.45) is 5.73 Å². The summed E-state index contributed by atoms with van der Waals surface area (Å²) in [4.78, 5) is 0. The van der Waals surface area contributed by atoms with Gasteiger partial charge >= 0.3 is 0 Å². The fourth-order valence-corrected chi connectivity index (χ4v) is 1.89. The molecule has 3 heteroatoms. The van der Waals surface area contributed by atoms with Crippen molar-refractivity contribution in [2.75, 3.05) is 0 Å². The minimum absolute atomic E-state index is 0.0775. The normalized spacial score (nSPS) is 29.0. The van der Waals surface area contributed by atoms with Gasteiger partial charge in [-0.1, -0.05) is 30.3 Å². The first-order valence-corrected chi connectivity index (χ1v) is 5.09. The Morgan fingerprint density at radius 3 is 2.57 bits per heavy atom. The number of rotatable bonds is 2. The van der Waals surface area contributed by atoms with E-state index in [9.17, 15) is 0 Å². The van der Waals surface area contributed by atoms with Gasteiger partial charge in [0.2, 0.25) is 0 Å². The molecule has 1 aromatic carbocycles. The van der Waals surface area contributed by atoms with Gasteiger partial charge in [-0.2, -0.15) is 0 Å². The quantitative estimate of drug-likeness (QED) is 0.652. The molecule has 1 aliphatic heterocycles. The molecule has 0 saturated carbocycles. The van der Waals surface area contributed by atoms with Crippen LogP contribution in [0.25, 0.3) is 0 Å². The van der Waals surface area contributed by atoms with Crippen LogP contribution in [0.3, 0.4) is 0 Å². The van der Waals surface area contributed by atoms with Crippen molar-refractivity contribution in [3.05, 3.63) is 35.9 Å². The van der Waals surface area contributed by atoms with Crippen LogP contribution in [-0.4, -0.2) is 12.1 Å². The summed E-state index contributed by atoms with van der Waals surface area (Å²) >= 11 is 0. The van der Waals surface area contributed by atoms with E-state index in [-0.39, 0.29) is 6.04 Å². The smallest absolute Gasteiger partial charge is 0.0465 e. The second-order valence-corrected chi connectivity index (χ2v) is 3.97. The molecule has 3 atom stereocenters. The Kier molecular flexibility index (Phi) is 2.82. The van der Waals surface area contributed by atoms with Crippen LogP contribution in [0.4, 0.5) is 0 Å². The summed E-state index contributed by atoms with van der Waals surface area (Å²) in [6.45, 7) is 2.16. The summed E-state index contributed by atoms with van der Waals surface area (Å²) < 4.78 is 0. The summed E-state index contributed by atoms with van der Waals surface area (Å²) in [5.41, 5.74) is 13.8. The molecule has 1 aliphatic rings. The molecule has 0 amide bonds. The van der Waals surface area contributed by atoms with Crippen LogP contribution in [-0.2, 0) is 0 Å². The summed E-state index contributed by atoms with van der Waals surface area (Å²) in [6.07, 6.45) is 1.08. The van der Waals surface area contributed by atoms with Gasteiger partial charge in [0.25, 0.3) is 0 Å². The van der Waals surface area contributed by atoms with Crippen LogP contribution in [0, 0.1) is 0 Å². The second kappa shape index (κ2) is 4.09. The zero-order chi connectivity index (χ0) is 9.97. The van der Waals surface area contributed by atoms with Crippen molar-refractivity contribution < 1.29 is 0 Å². The van der Waals surface area contributed by atoms with Crippen LogP contribution in [0.1, 0.15) is 24.9 Å². The van der Waals surface area contributed by atoms with Crippen molar-refractivity contribution >= 4 is 0 Å². The third kappa shape index (κ3) is 1.95. The number of benzene rings is 1. The van der Waals surface area contributed by atoms with E-state index in [0.717, 1.165) is 6.42 Å². The van der Waals surface area contributed by atoms with E-state index in [1.807, 2.05) is 18.2 Å². The molecule has 0 aliphatic carbocycles. The molecule has 76 valence electrons. The average molecular weight is 191 g/mol. The lowest BCUT2D eigenvalue weighted by atomic mass is 9.97. The Hall–Kier alpha value is -0.900. The van der Waals surface area contributed by atoms with Crippen LogP contribution in [0.5, 0.6) is 0 Å². The number of hydrogen-bond acceptors (Lipinski definition) is 3. The molecule has 3 nitrogen and oxygen atoms in total. The first-order chi connectivity index (χ1) is 6.77. The molecule has 1 fully saturated rings. The van der Waals surface area contributed by atoms with Gasteiger partial charge in [0.1, 0.15) is 0 Å². The summed E-state index contributed by atoms with van der Waals surface area (Å²) in [5.74, 6) is 0. The molecule has 3 unspecified atom stereocenters. The second-order valence-electron chi connectivity index (χ2n) is 3.97. The molecular formula is C11H17N3. The molecule has 4 N–H and O–H groups in total. The topological polar surface area (TPSA) is 50.1 Å². The van der Waals surface area contributed by atoms with E-state index in [2.05, 4.69) is 29.9 Å². The van der Waals surface area contributed by atoms with Crippen molar-refractivity contribution in [3.63, 3.8) is 0 Å². The average Bonchev–Trinajstić information content (AvgIpc) is 2.65. The van der Waals surface area contributed by atoms with Gasteiger partial charge < -0.3 is 5.73 Å². The summed E-state index contributed by atoms with van der Waals surface area (Å²) in [6, 6.07) is 11.2. The summed E-state index contributed by atoms with van der Waals surface area (Å²) in [7, 11) is 0. The highest BCUT2D eigenvalue weighted by Crippen LogP contribution is 2.19. The van der Waals surface area contributed by atoms with Gasteiger partial charge in [-0.05, 0) is 18.9 Å². The maximum atomic E-state index is 6.16. The van der Waals surface area contributed by atoms with Gasteiger partial charge in [-0.3, -0.25) is 10.9 Å². The summed E-state index contributed by atoms with van der Waals surface area (Å²) in [5, 5.41) is 0. The van der Waals surface area contributed by atoms with Gasteiger partial charge in [0.15, 0.2) is 0 Å². The first-order valence-electron chi connectivity index (χ1n) is 5.09. The maximum absolute atomic E-state index is 6.16. The molecule has 1 saturated heterocycles. The highest BCUT2D eigenvalue weighted by Gasteiger charge is 2.26. The molecule has 2 rings (SSSR count). The van der Waals surface area contributed by atoms with E-state index in [1.54, 1.807) is 0 Å². The fourth-order valence-electron chi connectivity index (χ4n) is 1.89. The minimum Gasteiger partial charge on any atom is -0.323 e. The predicted octanol–water partition coefficient (Wildman–Crippen LogP) is 0.941. The Morgan fingerprint density at radius 1 is 1.29 bits per heavy atom. The van der Waals surface area contributed by atoms with Crippen LogP contribution >= 0.6 is 0 Å². The molecule has 0 spiro atoms. The van der Waals surface area contributed by atoms with Gasteiger partial charge in [0, 0.05) is 18.1 Å². The zero-order valence-electron chi connectivity index (χ0n) is 8.40. The lowest BCUT2D eigenvalue weighted by molar-refractivity contribution is 0.473. The van der Waals surface area contributed by atoms with Crippen LogP contribution < -0.4 is 16.6 Å². The van der Waals surface area contributed by atoms with Crippen LogP contribution in [0.2, 0.25) is 0 Å². The van der Waals surface area contributed by atoms with E-state index in [0.29, 0.717) is 12.1 Å². The van der Waals surface area contributed by atoms with E-state index in [1.165, 1.54) is 5.56 Å². The number of nitrogens with two attached hydrogens (primary N) is 1. The lowest BCUT2D eigenvalue weighted by Crippen LogP contribution is -2.38. The monoisotopic (exact) mass is 191 g/mol. The van der Waals surface area contributed by atoms with E-state index in [4.69, 9.17) is 5.73 Å². The number of hydrogen-bond donors (Lipinski definition) is 3. The predicted molar refractivity (Wildman–Crippen MR) is 57.5 cm³/mol. The largest absolute Gasteiger partial charge is 0.323 e. The molecule has 14 heavy (non-hydrogen) atoms. The highest BCUT2D eigenvalue weighted by molar-refractivity contribution is 5.20. The zero-order valence-corrected chi connectivity index (χ0v) is 8.40. The SMILES string of the molecule is CC1CC(C(N)c2ccccc2)NN1. The third-order valence-electron chi connectivity index (χ3n) is 2.74. The highest BCUT2D eigenvalue weighted by atomic mass is 15.4. The van der Waals surface area contributed by atoms with E-state index >= 15 is 0 Å². The number of nitrogens with one attached hydrogen (secondary N) is 2. The molecule has 0 bridgehead atoms. The molecule has 1 heterocycles. The Bertz CT molecular complexity index is 286. The van der Waals surface area contributed by atoms with Crippen molar-refractivity contribution in [3.8, 4) is 0 Å². The molecular weight excluding hydrogens is 174 g/mol. The molecule has 0 aromatic heterocycles. The first kappa shape index (κ1) is 9.65.